The van der Waals surface area contributed by atoms with Gasteiger partial charge in [0.2, 0.25) is 0 Å². The lowest BCUT2D eigenvalue weighted by Gasteiger charge is -2.04. The molecule has 0 amide bonds. The van der Waals surface area contributed by atoms with Crippen LogP contribution in [0.3, 0.4) is 0 Å². The molecule has 102 valence electrons. The van der Waals surface area contributed by atoms with E-state index in [1.54, 1.807) is 0 Å². The average Bonchev–Trinajstić information content (AvgIpc) is 2.83. The molecular weight excluding hydrogens is 258 g/mol. The maximum atomic E-state index is 10.7. The number of aryl methyl sites for hydroxylation is 1. The van der Waals surface area contributed by atoms with Crippen LogP contribution in [0.1, 0.15) is 12.7 Å². The lowest BCUT2D eigenvalue weighted by molar-refractivity contribution is -0.134. The normalized spacial score (nSPS) is 11.1. The summed E-state index contributed by atoms with van der Waals surface area (Å²) in [7, 11) is 0. The van der Waals surface area contributed by atoms with Gasteiger partial charge in [-0.05, 0) is 12.1 Å². The number of hydrogen-bond acceptors (Lipinski definition) is 5. The number of furan rings is 1. The molecule has 6 nitrogen and oxygen atoms in total. The van der Waals surface area contributed by atoms with E-state index in [0.717, 1.165) is 5.39 Å². The van der Waals surface area contributed by atoms with Crippen molar-refractivity contribution in [2.75, 3.05) is 11.9 Å². The third-order valence-corrected chi connectivity index (χ3v) is 2.99. The van der Waals surface area contributed by atoms with Crippen molar-refractivity contribution in [3.63, 3.8) is 0 Å². The summed E-state index contributed by atoms with van der Waals surface area (Å²) in [5.74, 6) is 0.119. The number of hydrogen-bond donors (Lipinski definition) is 2. The number of benzene rings is 1. The fraction of sp³-hybridized carbons (Fsp3) is 0.214. The van der Waals surface area contributed by atoms with Gasteiger partial charge in [-0.3, -0.25) is 4.79 Å². The first kappa shape index (κ1) is 12.4. The monoisotopic (exact) mass is 271 g/mol. The van der Waals surface area contributed by atoms with Crippen molar-refractivity contribution in [3.8, 4) is 0 Å². The van der Waals surface area contributed by atoms with E-state index in [4.69, 9.17) is 9.52 Å². The van der Waals surface area contributed by atoms with Crippen molar-refractivity contribution >= 4 is 33.9 Å². The van der Waals surface area contributed by atoms with Crippen molar-refractivity contribution < 1.29 is 14.3 Å². The molecule has 0 fully saturated rings. The second-order valence-electron chi connectivity index (χ2n) is 4.37. The summed E-state index contributed by atoms with van der Waals surface area (Å²) in [4.78, 5) is 19.5. The SMILES string of the molecule is CCc1nc(NCC(=O)O)c2oc3ccccc3c2n1. The molecule has 0 aliphatic heterocycles. The number of aromatic nitrogens is 2. The van der Waals surface area contributed by atoms with E-state index < -0.39 is 5.97 Å². The summed E-state index contributed by atoms with van der Waals surface area (Å²) in [5, 5.41) is 12.5. The molecule has 2 heterocycles. The number of carboxylic acid groups (broad SMARTS) is 1. The maximum Gasteiger partial charge on any atom is 0.322 e. The van der Waals surface area contributed by atoms with Gasteiger partial charge in [-0.1, -0.05) is 19.1 Å². The lowest BCUT2D eigenvalue weighted by atomic mass is 10.2. The van der Waals surface area contributed by atoms with E-state index >= 15 is 0 Å². The van der Waals surface area contributed by atoms with Gasteiger partial charge in [0.05, 0.1) is 0 Å². The van der Waals surface area contributed by atoms with Crippen LogP contribution in [-0.2, 0) is 11.2 Å². The van der Waals surface area contributed by atoms with Crippen LogP contribution in [-0.4, -0.2) is 27.6 Å². The number of para-hydroxylation sites is 1. The lowest BCUT2D eigenvalue weighted by Crippen LogP contribution is -2.14. The second-order valence-corrected chi connectivity index (χ2v) is 4.37. The van der Waals surface area contributed by atoms with Gasteiger partial charge in [-0.2, -0.15) is 0 Å². The van der Waals surface area contributed by atoms with Gasteiger partial charge in [0.1, 0.15) is 23.5 Å². The molecule has 20 heavy (non-hydrogen) atoms. The summed E-state index contributed by atoms with van der Waals surface area (Å²) in [5.41, 5.74) is 1.91. The molecule has 0 spiro atoms. The summed E-state index contributed by atoms with van der Waals surface area (Å²) in [6.45, 7) is 1.73. The topological polar surface area (TPSA) is 88.2 Å². The Hall–Kier alpha value is -2.63. The first-order chi connectivity index (χ1) is 9.69. The van der Waals surface area contributed by atoms with Gasteiger partial charge in [0, 0.05) is 11.8 Å². The summed E-state index contributed by atoms with van der Waals surface area (Å²) in [6.07, 6.45) is 0.664. The molecule has 0 aliphatic carbocycles. The quantitative estimate of drug-likeness (QED) is 0.757. The largest absolute Gasteiger partial charge is 0.480 e. The zero-order valence-electron chi connectivity index (χ0n) is 10.9. The Morgan fingerprint density at radius 1 is 1.35 bits per heavy atom. The molecule has 3 rings (SSSR count). The molecule has 0 saturated heterocycles. The van der Waals surface area contributed by atoms with Crippen molar-refractivity contribution in [2.24, 2.45) is 0 Å². The fourth-order valence-electron chi connectivity index (χ4n) is 2.07. The summed E-state index contributed by atoms with van der Waals surface area (Å²) >= 11 is 0. The minimum absolute atomic E-state index is 0.216. The maximum absolute atomic E-state index is 10.7. The molecule has 6 heteroatoms. The van der Waals surface area contributed by atoms with Crippen LogP contribution >= 0.6 is 0 Å². The van der Waals surface area contributed by atoms with Gasteiger partial charge in [-0.15, -0.1) is 0 Å². The molecule has 0 aliphatic rings. The van der Waals surface area contributed by atoms with Crippen LogP contribution in [0.15, 0.2) is 28.7 Å². The first-order valence-electron chi connectivity index (χ1n) is 6.33. The van der Waals surface area contributed by atoms with Crippen molar-refractivity contribution in [3.05, 3.63) is 30.1 Å². The van der Waals surface area contributed by atoms with E-state index in [2.05, 4.69) is 15.3 Å². The van der Waals surface area contributed by atoms with E-state index in [0.29, 0.717) is 34.7 Å². The van der Waals surface area contributed by atoms with E-state index in [9.17, 15) is 4.79 Å². The fourth-order valence-corrected chi connectivity index (χ4v) is 2.07. The molecule has 0 unspecified atom stereocenters. The number of carbonyl (C=O) groups is 1. The zero-order chi connectivity index (χ0) is 14.1. The Morgan fingerprint density at radius 2 is 2.15 bits per heavy atom. The highest BCUT2D eigenvalue weighted by molar-refractivity contribution is 6.05. The second kappa shape index (κ2) is 4.80. The Labute approximate surface area is 114 Å². The predicted octanol–water partition coefficient (Wildman–Crippen LogP) is 2.43. The van der Waals surface area contributed by atoms with E-state index in [1.165, 1.54) is 0 Å². The standard InChI is InChI=1S/C14H13N3O3/c1-2-10-16-12-8-5-3-4-6-9(8)20-13(12)14(17-10)15-7-11(18)19/h3-6H,2,7H2,1H3,(H,18,19)(H,15,16,17). The number of nitrogens with zero attached hydrogens (tertiary/aromatic N) is 2. The van der Waals surface area contributed by atoms with Crippen molar-refractivity contribution in [1.29, 1.82) is 0 Å². The van der Waals surface area contributed by atoms with E-state index in [-0.39, 0.29) is 6.54 Å². The average molecular weight is 271 g/mol. The Morgan fingerprint density at radius 3 is 2.90 bits per heavy atom. The van der Waals surface area contributed by atoms with Crippen LogP contribution in [0.4, 0.5) is 5.82 Å². The highest BCUT2D eigenvalue weighted by Crippen LogP contribution is 2.31. The Bertz CT molecular complexity index is 795. The van der Waals surface area contributed by atoms with Crippen LogP contribution < -0.4 is 5.32 Å². The molecule has 0 atom stereocenters. The first-order valence-corrected chi connectivity index (χ1v) is 6.33. The minimum atomic E-state index is -0.953. The molecule has 0 bridgehead atoms. The van der Waals surface area contributed by atoms with Crippen molar-refractivity contribution in [1.82, 2.24) is 9.97 Å². The Kier molecular flexibility index (Phi) is 2.98. The van der Waals surface area contributed by atoms with Crippen LogP contribution in [0, 0.1) is 0 Å². The number of anilines is 1. The van der Waals surface area contributed by atoms with Gasteiger partial charge >= 0.3 is 5.97 Å². The summed E-state index contributed by atoms with van der Waals surface area (Å²) < 4.78 is 5.73. The third-order valence-electron chi connectivity index (χ3n) is 2.99. The van der Waals surface area contributed by atoms with Gasteiger partial charge < -0.3 is 14.8 Å². The minimum Gasteiger partial charge on any atom is -0.480 e. The van der Waals surface area contributed by atoms with Gasteiger partial charge in [-0.25, -0.2) is 9.97 Å². The molecule has 1 aromatic carbocycles. The van der Waals surface area contributed by atoms with E-state index in [1.807, 2.05) is 31.2 Å². The highest BCUT2D eigenvalue weighted by Gasteiger charge is 2.15. The molecule has 2 N–H and O–H groups in total. The van der Waals surface area contributed by atoms with Crippen LogP contribution in [0.2, 0.25) is 0 Å². The van der Waals surface area contributed by atoms with Gasteiger partial charge in [0.25, 0.3) is 0 Å². The van der Waals surface area contributed by atoms with Crippen LogP contribution in [0.5, 0.6) is 0 Å². The number of rotatable bonds is 4. The predicted molar refractivity (Wildman–Crippen MR) is 74.8 cm³/mol. The number of nitrogens with one attached hydrogen (secondary N) is 1. The molecule has 0 radical (unpaired) electrons. The Balaban J connectivity index is 2.23. The van der Waals surface area contributed by atoms with Gasteiger partial charge in [0.15, 0.2) is 11.4 Å². The molecule has 0 saturated carbocycles. The molecule has 2 aromatic heterocycles. The molecule has 3 aromatic rings. The summed E-state index contributed by atoms with van der Waals surface area (Å²) in [6, 6.07) is 7.57. The smallest absolute Gasteiger partial charge is 0.322 e. The van der Waals surface area contributed by atoms with Crippen molar-refractivity contribution in [2.45, 2.75) is 13.3 Å². The van der Waals surface area contributed by atoms with Crippen LogP contribution in [0.25, 0.3) is 22.1 Å². The number of aliphatic carboxylic acids is 1. The molecular formula is C14H13N3O3. The third kappa shape index (κ3) is 2.05. The number of carboxylic acids is 1. The highest BCUT2D eigenvalue weighted by atomic mass is 16.4. The zero-order valence-corrected chi connectivity index (χ0v) is 10.9. The number of fused-ring (bicyclic) bond motifs is 3.